The largest absolute Gasteiger partial charge is 0.497 e. The molecule has 1 heterocycles. The van der Waals surface area contributed by atoms with Crippen molar-refractivity contribution in [2.45, 2.75) is 25.9 Å². The molecule has 0 unspecified atom stereocenters. The van der Waals surface area contributed by atoms with E-state index >= 15 is 0 Å². The molecule has 1 aliphatic heterocycles. The first kappa shape index (κ1) is 26.3. The molecule has 3 aromatic carbocycles. The van der Waals surface area contributed by atoms with E-state index < -0.39 is 35.7 Å². The van der Waals surface area contributed by atoms with Crippen LogP contribution >= 0.6 is 0 Å². The Labute approximate surface area is 218 Å². The second kappa shape index (κ2) is 11.5. The number of hydrogen-bond donors (Lipinski definition) is 1. The second-order valence-electron chi connectivity index (χ2n) is 8.47. The number of imide groups is 1. The average molecular weight is 520 g/mol. The van der Waals surface area contributed by atoms with E-state index in [0.717, 1.165) is 4.90 Å². The van der Waals surface area contributed by atoms with Crippen molar-refractivity contribution in [2.24, 2.45) is 0 Å². The number of nitrogens with zero attached hydrogens (tertiary/aromatic N) is 2. The Morgan fingerprint density at radius 2 is 1.76 bits per heavy atom. The van der Waals surface area contributed by atoms with Gasteiger partial charge in [0.15, 0.2) is 0 Å². The van der Waals surface area contributed by atoms with Crippen LogP contribution in [0.1, 0.15) is 29.3 Å². The highest BCUT2D eigenvalue weighted by Gasteiger charge is 2.44. The van der Waals surface area contributed by atoms with E-state index in [1.54, 1.807) is 31.2 Å². The minimum Gasteiger partial charge on any atom is -0.497 e. The maximum absolute atomic E-state index is 13.5. The van der Waals surface area contributed by atoms with Crippen molar-refractivity contribution in [2.75, 3.05) is 23.9 Å². The van der Waals surface area contributed by atoms with Gasteiger partial charge in [0.25, 0.3) is 5.91 Å². The lowest BCUT2D eigenvalue weighted by Crippen LogP contribution is -2.46. The first-order chi connectivity index (χ1) is 18.3. The minimum atomic E-state index is -1.11. The molecule has 0 bridgehead atoms. The third kappa shape index (κ3) is 5.80. The normalized spacial score (nSPS) is 14.8. The van der Waals surface area contributed by atoms with Gasteiger partial charge in [-0.1, -0.05) is 18.2 Å². The summed E-state index contributed by atoms with van der Waals surface area (Å²) in [5.74, 6) is -1.53. The SMILES string of the molecule is CCOC(=O)c1ccc(N2C(=O)C[C@H](N(Cc3ccc(F)cc3)C(=O)Nc3cccc(OC)c3)C2=O)cc1. The third-order valence-corrected chi connectivity index (χ3v) is 5.98. The lowest BCUT2D eigenvalue weighted by atomic mass is 10.1. The standard InChI is InChI=1S/C28H26FN3O6/c1-3-38-27(35)19-9-13-22(14-10-19)32-25(33)16-24(26(32)34)31(17-18-7-11-20(29)12-8-18)28(36)30-21-5-4-6-23(15-21)37-2/h4-15,24H,3,16-17H2,1-2H3,(H,30,36)/t24-/m0/s1. The molecule has 1 fully saturated rings. The van der Waals surface area contributed by atoms with Crippen LogP contribution in [0, 0.1) is 5.82 Å². The van der Waals surface area contributed by atoms with Gasteiger partial charge in [-0.25, -0.2) is 18.9 Å². The molecule has 196 valence electrons. The zero-order valence-electron chi connectivity index (χ0n) is 20.8. The van der Waals surface area contributed by atoms with Gasteiger partial charge in [0.1, 0.15) is 17.6 Å². The molecule has 0 radical (unpaired) electrons. The zero-order valence-corrected chi connectivity index (χ0v) is 20.8. The first-order valence-corrected chi connectivity index (χ1v) is 11.9. The molecule has 0 saturated carbocycles. The van der Waals surface area contributed by atoms with Crippen molar-refractivity contribution in [3.8, 4) is 5.75 Å². The Kier molecular flexibility index (Phi) is 8.00. The number of amides is 4. The van der Waals surface area contributed by atoms with Crippen LogP contribution in [0.25, 0.3) is 0 Å². The summed E-state index contributed by atoms with van der Waals surface area (Å²) in [7, 11) is 1.50. The molecular weight excluding hydrogens is 493 g/mol. The number of halogens is 1. The summed E-state index contributed by atoms with van der Waals surface area (Å²) >= 11 is 0. The van der Waals surface area contributed by atoms with Crippen LogP contribution in [0.3, 0.4) is 0 Å². The van der Waals surface area contributed by atoms with Crippen molar-refractivity contribution in [3.05, 3.63) is 89.7 Å². The van der Waals surface area contributed by atoms with Crippen LogP contribution in [-0.2, 0) is 20.9 Å². The number of ether oxygens (including phenoxy) is 2. The van der Waals surface area contributed by atoms with E-state index in [2.05, 4.69) is 5.32 Å². The molecule has 0 spiro atoms. The number of anilines is 2. The highest BCUT2D eigenvalue weighted by molar-refractivity contribution is 6.23. The highest BCUT2D eigenvalue weighted by atomic mass is 19.1. The summed E-state index contributed by atoms with van der Waals surface area (Å²) in [5.41, 5.74) is 1.55. The van der Waals surface area contributed by atoms with E-state index in [4.69, 9.17) is 9.47 Å². The van der Waals surface area contributed by atoms with Gasteiger partial charge in [0.2, 0.25) is 5.91 Å². The quantitative estimate of drug-likeness (QED) is 0.350. The van der Waals surface area contributed by atoms with E-state index in [0.29, 0.717) is 17.0 Å². The van der Waals surface area contributed by atoms with Crippen molar-refractivity contribution >= 4 is 35.2 Å². The van der Waals surface area contributed by atoms with E-state index in [1.807, 2.05) is 0 Å². The summed E-state index contributed by atoms with van der Waals surface area (Å²) in [6.45, 7) is 1.86. The minimum absolute atomic E-state index is 0.0462. The molecule has 1 aliphatic rings. The highest BCUT2D eigenvalue weighted by Crippen LogP contribution is 2.28. The van der Waals surface area contributed by atoms with Crippen LogP contribution in [-0.4, -0.2) is 48.5 Å². The molecule has 1 N–H and O–H groups in total. The van der Waals surface area contributed by atoms with Crippen molar-refractivity contribution < 1.29 is 33.0 Å². The summed E-state index contributed by atoms with van der Waals surface area (Å²) in [6.07, 6.45) is -0.245. The second-order valence-corrected chi connectivity index (χ2v) is 8.47. The average Bonchev–Trinajstić information content (AvgIpc) is 3.21. The smallest absolute Gasteiger partial charge is 0.338 e. The fraction of sp³-hybridized carbons (Fsp3) is 0.214. The fourth-order valence-corrected chi connectivity index (χ4v) is 4.10. The molecule has 10 heteroatoms. The Bertz CT molecular complexity index is 1340. The van der Waals surface area contributed by atoms with Gasteiger partial charge < -0.3 is 19.7 Å². The third-order valence-electron chi connectivity index (χ3n) is 5.98. The molecule has 4 amide bonds. The number of hydrogen-bond acceptors (Lipinski definition) is 6. The maximum atomic E-state index is 13.5. The van der Waals surface area contributed by atoms with Gasteiger partial charge >= 0.3 is 12.0 Å². The van der Waals surface area contributed by atoms with Gasteiger partial charge in [-0.05, 0) is 61.0 Å². The predicted molar refractivity (Wildman–Crippen MR) is 137 cm³/mol. The summed E-state index contributed by atoms with van der Waals surface area (Å²) in [6, 6.07) is 16.4. The molecule has 9 nitrogen and oxygen atoms in total. The number of carbonyl (C=O) groups is 4. The Hall–Kier alpha value is -4.73. The lowest BCUT2D eigenvalue weighted by Gasteiger charge is -2.28. The number of urea groups is 1. The van der Waals surface area contributed by atoms with Crippen LogP contribution in [0.5, 0.6) is 5.75 Å². The maximum Gasteiger partial charge on any atom is 0.338 e. The fourth-order valence-electron chi connectivity index (χ4n) is 4.10. The molecule has 4 rings (SSSR count). The van der Waals surface area contributed by atoms with E-state index in [-0.39, 0.29) is 30.8 Å². The molecular formula is C28H26FN3O6. The van der Waals surface area contributed by atoms with Crippen molar-refractivity contribution in [1.29, 1.82) is 0 Å². The van der Waals surface area contributed by atoms with E-state index in [9.17, 15) is 23.6 Å². The monoisotopic (exact) mass is 519 g/mol. The summed E-state index contributed by atoms with van der Waals surface area (Å²) in [5, 5.41) is 2.75. The van der Waals surface area contributed by atoms with Gasteiger partial charge in [-0.2, -0.15) is 0 Å². The molecule has 38 heavy (non-hydrogen) atoms. The predicted octanol–water partition coefficient (Wildman–Crippen LogP) is 4.38. The molecule has 1 atom stereocenters. The number of nitrogens with one attached hydrogen (secondary N) is 1. The van der Waals surface area contributed by atoms with Crippen LogP contribution < -0.4 is 15.0 Å². The topological polar surface area (TPSA) is 105 Å². The van der Waals surface area contributed by atoms with Gasteiger partial charge in [-0.15, -0.1) is 0 Å². The number of benzene rings is 3. The summed E-state index contributed by atoms with van der Waals surface area (Å²) in [4.78, 5) is 54.1. The molecule has 0 aliphatic carbocycles. The molecule has 1 saturated heterocycles. The first-order valence-electron chi connectivity index (χ1n) is 11.9. The number of carbonyl (C=O) groups excluding carboxylic acids is 4. The molecule has 3 aromatic rings. The Balaban J connectivity index is 1.60. The Morgan fingerprint density at radius 3 is 2.42 bits per heavy atom. The van der Waals surface area contributed by atoms with Gasteiger partial charge in [0, 0.05) is 18.3 Å². The molecule has 0 aromatic heterocycles. The van der Waals surface area contributed by atoms with Gasteiger partial charge in [-0.3, -0.25) is 9.59 Å². The van der Waals surface area contributed by atoms with Crippen LogP contribution in [0.4, 0.5) is 20.6 Å². The van der Waals surface area contributed by atoms with E-state index in [1.165, 1.54) is 60.5 Å². The Morgan fingerprint density at radius 1 is 1.05 bits per heavy atom. The van der Waals surface area contributed by atoms with Crippen LogP contribution in [0.2, 0.25) is 0 Å². The van der Waals surface area contributed by atoms with Crippen LogP contribution in [0.15, 0.2) is 72.8 Å². The van der Waals surface area contributed by atoms with Crippen molar-refractivity contribution in [3.63, 3.8) is 0 Å². The van der Waals surface area contributed by atoms with Crippen molar-refractivity contribution in [1.82, 2.24) is 4.90 Å². The summed E-state index contributed by atoms with van der Waals surface area (Å²) < 4.78 is 23.6. The zero-order chi connectivity index (χ0) is 27.2. The lowest BCUT2D eigenvalue weighted by molar-refractivity contribution is -0.122. The number of rotatable bonds is 8. The number of methoxy groups -OCH3 is 1. The van der Waals surface area contributed by atoms with Gasteiger partial charge in [0.05, 0.1) is 31.4 Å². The number of esters is 1.